The van der Waals surface area contributed by atoms with Crippen LogP contribution in [0, 0.1) is 12.8 Å². The number of esters is 2. The van der Waals surface area contributed by atoms with E-state index in [1.165, 1.54) is 18.4 Å². The van der Waals surface area contributed by atoms with Gasteiger partial charge in [-0.15, -0.1) is 0 Å². The van der Waals surface area contributed by atoms with Crippen molar-refractivity contribution in [3.63, 3.8) is 0 Å². The van der Waals surface area contributed by atoms with Crippen molar-refractivity contribution in [2.45, 2.75) is 70.1 Å². The van der Waals surface area contributed by atoms with Crippen LogP contribution < -0.4 is 10.1 Å². The molecular formula is C34H37N3O8. The van der Waals surface area contributed by atoms with Gasteiger partial charge in [-0.2, -0.15) is 0 Å². The first-order chi connectivity index (χ1) is 21.7. The molecule has 1 saturated carbocycles. The van der Waals surface area contributed by atoms with Gasteiger partial charge in [0, 0.05) is 12.6 Å². The number of likely N-dealkylation sites (tertiary alicyclic amines) is 1. The second-order valence-corrected chi connectivity index (χ2v) is 12.1. The number of benzene rings is 2. The third-order valence-electron chi connectivity index (χ3n) is 8.51. The van der Waals surface area contributed by atoms with Crippen molar-refractivity contribution < 1.29 is 37.9 Å². The first kappa shape index (κ1) is 30.4. The highest BCUT2D eigenvalue weighted by Gasteiger charge is 2.36. The molecule has 3 aromatic rings. The Morgan fingerprint density at radius 1 is 1.04 bits per heavy atom. The number of aryl methyl sites for hydroxylation is 1. The van der Waals surface area contributed by atoms with Gasteiger partial charge in [-0.3, -0.25) is 14.4 Å². The summed E-state index contributed by atoms with van der Waals surface area (Å²) in [7, 11) is 0. The van der Waals surface area contributed by atoms with Crippen LogP contribution in [0.5, 0.6) is 5.75 Å². The van der Waals surface area contributed by atoms with Crippen LogP contribution in [-0.2, 0) is 19.1 Å². The molecule has 0 spiro atoms. The maximum Gasteiger partial charge on any atom is 0.338 e. The summed E-state index contributed by atoms with van der Waals surface area (Å²) in [5, 5.41) is 6.79. The van der Waals surface area contributed by atoms with E-state index in [1.807, 2.05) is 19.1 Å². The molecule has 4 atom stereocenters. The van der Waals surface area contributed by atoms with Crippen molar-refractivity contribution >= 4 is 23.8 Å². The predicted octanol–water partition coefficient (Wildman–Crippen LogP) is 4.51. The summed E-state index contributed by atoms with van der Waals surface area (Å²) >= 11 is 0. The van der Waals surface area contributed by atoms with Crippen molar-refractivity contribution in [1.29, 1.82) is 0 Å². The second kappa shape index (κ2) is 13.1. The van der Waals surface area contributed by atoms with Crippen molar-refractivity contribution in [3.8, 4) is 5.75 Å². The molecule has 3 heterocycles. The number of rotatable bonds is 10. The molecule has 1 aliphatic carbocycles. The number of nitrogens with one attached hydrogen (secondary N) is 1. The lowest BCUT2D eigenvalue weighted by atomic mass is 10.00. The van der Waals surface area contributed by atoms with Gasteiger partial charge in [-0.1, -0.05) is 29.4 Å². The number of hydrogen-bond donors (Lipinski definition) is 1. The van der Waals surface area contributed by atoms with Gasteiger partial charge in [-0.05, 0) is 80.8 Å². The molecule has 0 bridgehead atoms. The number of hydrogen-bond acceptors (Lipinski definition) is 9. The van der Waals surface area contributed by atoms with E-state index in [0.717, 1.165) is 5.56 Å². The Morgan fingerprint density at radius 3 is 2.44 bits per heavy atom. The van der Waals surface area contributed by atoms with Crippen LogP contribution in [0.25, 0.3) is 0 Å². The maximum absolute atomic E-state index is 13.0. The molecule has 6 rings (SSSR count). The minimum absolute atomic E-state index is 0.0906. The Labute approximate surface area is 261 Å². The molecule has 3 aliphatic rings. The van der Waals surface area contributed by atoms with Gasteiger partial charge >= 0.3 is 11.9 Å². The van der Waals surface area contributed by atoms with E-state index >= 15 is 0 Å². The van der Waals surface area contributed by atoms with Gasteiger partial charge in [0.1, 0.15) is 30.3 Å². The van der Waals surface area contributed by atoms with Crippen LogP contribution in [-0.4, -0.2) is 65.7 Å². The first-order valence-corrected chi connectivity index (χ1v) is 15.5. The summed E-state index contributed by atoms with van der Waals surface area (Å²) < 4.78 is 22.2. The van der Waals surface area contributed by atoms with Crippen LogP contribution >= 0.6 is 0 Å². The van der Waals surface area contributed by atoms with Gasteiger partial charge in [0.15, 0.2) is 5.69 Å². The molecule has 11 nitrogen and oxygen atoms in total. The predicted molar refractivity (Wildman–Crippen MR) is 160 cm³/mol. The summed E-state index contributed by atoms with van der Waals surface area (Å²) in [6.45, 7) is 4.54. The van der Waals surface area contributed by atoms with E-state index in [0.29, 0.717) is 42.4 Å². The molecule has 0 radical (unpaired) electrons. The zero-order valence-electron chi connectivity index (χ0n) is 25.4. The molecular weight excluding hydrogens is 578 g/mol. The first-order valence-electron chi connectivity index (χ1n) is 15.5. The van der Waals surface area contributed by atoms with Crippen molar-refractivity contribution in [1.82, 2.24) is 15.4 Å². The van der Waals surface area contributed by atoms with Gasteiger partial charge < -0.3 is 29.0 Å². The number of ether oxygens (including phenoxy) is 3. The highest BCUT2D eigenvalue weighted by atomic mass is 16.5. The molecule has 1 N–H and O–H groups in total. The quantitative estimate of drug-likeness (QED) is 0.327. The van der Waals surface area contributed by atoms with Crippen LogP contribution in [0.15, 0.2) is 59.1 Å². The number of piperidine rings is 1. The van der Waals surface area contributed by atoms with Gasteiger partial charge in [0.2, 0.25) is 5.91 Å². The zero-order chi connectivity index (χ0) is 31.5. The Morgan fingerprint density at radius 2 is 1.80 bits per heavy atom. The lowest BCUT2D eigenvalue weighted by molar-refractivity contribution is -0.139. The molecule has 2 amide bonds. The van der Waals surface area contributed by atoms with Crippen LogP contribution in [0.1, 0.15) is 88.8 Å². The molecule has 2 aliphatic heterocycles. The van der Waals surface area contributed by atoms with Gasteiger partial charge in [-0.25, -0.2) is 4.79 Å². The fourth-order valence-electron chi connectivity index (χ4n) is 5.86. The molecule has 236 valence electrons. The molecule has 45 heavy (non-hydrogen) atoms. The SMILES string of the molecule is Cc1cc(C(=O)NC(C)C(Oc2ccc(C(=O)O[C@H]3CCCN(C(=O)[C@H]4COC(=O)C4)C3)cc2)c2ccc(C3CC3)cc2)no1. The number of carbonyl (C=O) groups is 4. The average Bonchev–Trinajstić information content (AvgIpc) is 3.66. The molecule has 2 saturated heterocycles. The zero-order valence-corrected chi connectivity index (χ0v) is 25.4. The van der Waals surface area contributed by atoms with E-state index in [2.05, 4.69) is 22.6 Å². The maximum atomic E-state index is 13.0. The summed E-state index contributed by atoms with van der Waals surface area (Å²) in [6, 6.07) is 16.1. The standard InChI is InChI=1S/C34H37N3O8/c1-20-16-29(36-45-20)32(39)35-21(2)31(24-9-7-23(8-10-24)22-5-6-22)43-27-13-11-25(12-14-27)34(41)44-28-4-3-15-37(18-28)33(40)26-17-30(38)42-19-26/h7-14,16,21-22,26,28,31H,3-6,15,17-19H2,1-2H3,(H,35,39)/t21?,26-,28+,31?/m1/s1. The number of amides is 2. The summed E-state index contributed by atoms with van der Waals surface area (Å²) in [5.74, 6) is -0.152. The Balaban J connectivity index is 1.10. The topological polar surface area (TPSA) is 137 Å². The number of aromatic nitrogens is 1. The third kappa shape index (κ3) is 7.35. The summed E-state index contributed by atoms with van der Waals surface area (Å²) in [4.78, 5) is 51.8. The number of carbonyl (C=O) groups excluding carboxylic acids is 4. The summed E-state index contributed by atoms with van der Waals surface area (Å²) in [6.07, 6.45) is 2.87. The smallest absolute Gasteiger partial charge is 0.338 e. The number of nitrogens with zero attached hydrogens (tertiary/aromatic N) is 2. The van der Waals surface area contributed by atoms with E-state index < -0.39 is 30.1 Å². The average molecular weight is 616 g/mol. The normalized spacial score (nSPS) is 21.0. The van der Waals surface area contributed by atoms with E-state index in [-0.39, 0.29) is 43.1 Å². The monoisotopic (exact) mass is 615 g/mol. The molecule has 3 fully saturated rings. The van der Waals surface area contributed by atoms with Crippen molar-refractivity contribution in [2.24, 2.45) is 5.92 Å². The number of cyclic esters (lactones) is 1. The minimum atomic E-state index is -0.528. The van der Waals surface area contributed by atoms with Gasteiger partial charge in [0.25, 0.3) is 5.91 Å². The molecule has 2 unspecified atom stereocenters. The fraction of sp³-hybridized carbons (Fsp3) is 0.441. The lowest BCUT2D eigenvalue weighted by Crippen LogP contribution is -2.46. The van der Waals surface area contributed by atoms with Crippen LogP contribution in [0.2, 0.25) is 0 Å². The Hall–Kier alpha value is -4.67. The van der Waals surface area contributed by atoms with E-state index in [9.17, 15) is 19.2 Å². The molecule has 1 aromatic heterocycles. The second-order valence-electron chi connectivity index (χ2n) is 12.1. The fourth-order valence-corrected chi connectivity index (χ4v) is 5.86. The summed E-state index contributed by atoms with van der Waals surface area (Å²) in [5.41, 5.74) is 2.74. The lowest BCUT2D eigenvalue weighted by Gasteiger charge is -2.33. The van der Waals surface area contributed by atoms with Crippen LogP contribution in [0.4, 0.5) is 0 Å². The molecule has 2 aromatic carbocycles. The van der Waals surface area contributed by atoms with Gasteiger partial charge in [0.05, 0.1) is 30.5 Å². The highest BCUT2D eigenvalue weighted by Crippen LogP contribution is 2.40. The Kier molecular flexibility index (Phi) is 8.86. The largest absolute Gasteiger partial charge is 0.484 e. The van der Waals surface area contributed by atoms with Crippen molar-refractivity contribution in [3.05, 3.63) is 82.7 Å². The minimum Gasteiger partial charge on any atom is -0.484 e. The van der Waals surface area contributed by atoms with Crippen molar-refractivity contribution in [2.75, 3.05) is 19.7 Å². The highest BCUT2D eigenvalue weighted by molar-refractivity contribution is 5.92. The van der Waals surface area contributed by atoms with E-state index in [1.54, 1.807) is 42.2 Å². The third-order valence-corrected chi connectivity index (χ3v) is 8.51. The Bertz CT molecular complexity index is 1550. The molecule has 11 heteroatoms. The van der Waals surface area contributed by atoms with E-state index in [4.69, 9.17) is 18.7 Å². The van der Waals surface area contributed by atoms with Crippen LogP contribution in [0.3, 0.4) is 0 Å².